The molecule has 0 radical (unpaired) electrons. The number of ether oxygens (including phenoxy) is 1. The van der Waals surface area contributed by atoms with E-state index in [1.54, 1.807) is 25.9 Å². The summed E-state index contributed by atoms with van der Waals surface area (Å²) in [6, 6.07) is 8.18. The maximum Gasteiger partial charge on any atom is 0.191 e. The second kappa shape index (κ2) is 9.96. The van der Waals surface area contributed by atoms with Crippen LogP contribution in [0.2, 0.25) is 5.02 Å². The molecule has 2 aromatic rings. The lowest BCUT2D eigenvalue weighted by Crippen LogP contribution is -2.47. The number of hydrogen-bond donors (Lipinski definition) is 2. The molecule has 1 aromatic carbocycles. The Balaban J connectivity index is 1.42. The molecule has 2 N–H and O–H groups in total. The van der Waals surface area contributed by atoms with Crippen molar-refractivity contribution in [3.63, 3.8) is 0 Å². The molecule has 2 heterocycles. The van der Waals surface area contributed by atoms with E-state index in [-0.39, 0.29) is 6.04 Å². The van der Waals surface area contributed by atoms with Crippen molar-refractivity contribution >= 4 is 29.3 Å². The Morgan fingerprint density at radius 1 is 1.41 bits per heavy atom. The van der Waals surface area contributed by atoms with Gasteiger partial charge < -0.3 is 15.4 Å². The summed E-state index contributed by atoms with van der Waals surface area (Å²) in [6.07, 6.45) is 1.91. The molecular weight excluding hydrogens is 384 g/mol. The van der Waals surface area contributed by atoms with E-state index in [1.165, 1.54) is 4.90 Å². The average molecular weight is 409 g/mol. The van der Waals surface area contributed by atoms with Crippen molar-refractivity contribution in [1.82, 2.24) is 25.4 Å². The van der Waals surface area contributed by atoms with Crippen molar-refractivity contribution < 1.29 is 4.74 Å². The van der Waals surface area contributed by atoms with Gasteiger partial charge in [-0.25, -0.2) is 9.67 Å². The second-order valence-corrected chi connectivity index (χ2v) is 7.85. The van der Waals surface area contributed by atoms with E-state index in [1.807, 2.05) is 28.9 Å². The van der Waals surface area contributed by atoms with E-state index in [0.29, 0.717) is 6.61 Å². The molecule has 27 heavy (non-hydrogen) atoms. The van der Waals surface area contributed by atoms with Crippen molar-refractivity contribution in [2.45, 2.75) is 36.9 Å². The second-order valence-electron chi connectivity index (χ2n) is 6.24. The van der Waals surface area contributed by atoms with Gasteiger partial charge >= 0.3 is 0 Å². The highest BCUT2D eigenvalue weighted by Gasteiger charge is 2.22. The molecule has 0 spiro atoms. The monoisotopic (exact) mass is 408 g/mol. The predicted molar refractivity (Wildman–Crippen MR) is 110 cm³/mol. The van der Waals surface area contributed by atoms with Crippen LogP contribution in [0.15, 0.2) is 34.2 Å². The van der Waals surface area contributed by atoms with Gasteiger partial charge in [-0.3, -0.25) is 4.99 Å². The number of methoxy groups -OCH3 is 1. The molecule has 0 saturated heterocycles. The normalized spacial score (nSPS) is 16.9. The lowest BCUT2D eigenvalue weighted by Gasteiger charge is -2.25. The van der Waals surface area contributed by atoms with Gasteiger partial charge in [0.2, 0.25) is 0 Å². The van der Waals surface area contributed by atoms with E-state index < -0.39 is 0 Å². The summed E-state index contributed by atoms with van der Waals surface area (Å²) in [4.78, 5) is 10.1. The fourth-order valence-electron chi connectivity index (χ4n) is 2.93. The molecule has 9 heteroatoms. The Morgan fingerprint density at radius 2 is 2.22 bits per heavy atom. The van der Waals surface area contributed by atoms with Crippen LogP contribution in [-0.4, -0.2) is 53.2 Å². The molecular formula is C18H25ClN6OS. The van der Waals surface area contributed by atoms with Crippen LogP contribution in [0.4, 0.5) is 0 Å². The molecule has 0 saturated carbocycles. The van der Waals surface area contributed by atoms with Crippen molar-refractivity contribution in [2.24, 2.45) is 4.99 Å². The number of aliphatic imine (C=N–C) groups is 1. The first-order chi connectivity index (χ1) is 13.2. The van der Waals surface area contributed by atoms with Gasteiger partial charge in [0.1, 0.15) is 12.4 Å². The molecule has 1 unspecified atom stereocenters. The molecule has 0 fully saturated rings. The Labute approximate surface area is 168 Å². The summed E-state index contributed by atoms with van der Waals surface area (Å²) >= 11 is 7.70. The van der Waals surface area contributed by atoms with E-state index in [9.17, 15) is 0 Å². The zero-order valence-corrected chi connectivity index (χ0v) is 17.2. The van der Waals surface area contributed by atoms with E-state index in [2.05, 4.69) is 25.7 Å². The number of aryl methyl sites for hydroxylation is 1. The van der Waals surface area contributed by atoms with Crippen LogP contribution in [0.25, 0.3) is 0 Å². The van der Waals surface area contributed by atoms with Crippen molar-refractivity contribution in [1.29, 1.82) is 0 Å². The number of guanidine groups is 1. The van der Waals surface area contributed by atoms with Crippen LogP contribution in [0.5, 0.6) is 0 Å². The summed E-state index contributed by atoms with van der Waals surface area (Å²) in [5.74, 6) is 3.54. The van der Waals surface area contributed by atoms with Gasteiger partial charge in [0.15, 0.2) is 11.8 Å². The summed E-state index contributed by atoms with van der Waals surface area (Å²) in [5.41, 5.74) is 0. The maximum absolute atomic E-state index is 5.91. The number of nitrogens with zero attached hydrogens (tertiary/aromatic N) is 4. The molecule has 0 aliphatic carbocycles. The summed E-state index contributed by atoms with van der Waals surface area (Å²) < 4.78 is 7.09. The number of benzene rings is 1. The maximum atomic E-state index is 5.91. The lowest BCUT2D eigenvalue weighted by atomic mass is 10.1. The van der Waals surface area contributed by atoms with Crippen molar-refractivity contribution in [3.8, 4) is 0 Å². The number of aromatic nitrogens is 3. The number of halogens is 1. The third kappa shape index (κ3) is 5.85. The number of fused-ring (bicyclic) bond motifs is 1. The Morgan fingerprint density at radius 3 is 2.96 bits per heavy atom. The standard InChI is InChI=1S/C18H25ClN6OS/c1-20-18(21-9-10-27-15-6-3-13(19)4-7-15)22-14-5-8-17-23-16(12-26-2)24-25(17)11-14/h3-4,6-7,14H,5,8-12H2,1-2H3,(H2,20,21,22). The summed E-state index contributed by atoms with van der Waals surface area (Å²) in [5, 5.41) is 12.1. The van der Waals surface area contributed by atoms with Crippen LogP contribution in [0.3, 0.4) is 0 Å². The van der Waals surface area contributed by atoms with Gasteiger partial charge in [-0.1, -0.05) is 11.6 Å². The zero-order chi connectivity index (χ0) is 19.1. The number of nitrogens with one attached hydrogen (secondary N) is 2. The lowest BCUT2D eigenvalue weighted by molar-refractivity contribution is 0.177. The fourth-order valence-corrected chi connectivity index (χ4v) is 3.82. The van der Waals surface area contributed by atoms with Gasteiger partial charge in [-0.15, -0.1) is 11.8 Å². The highest BCUT2D eigenvalue weighted by molar-refractivity contribution is 7.99. The number of hydrogen-bond acceptors (Lipinski definition) is 5. The van der Waals surface area contributed by atoms with Crippen LogP contribution >= 0.6 is 23.4 Å². The highest BCUT2D eigenvalue weighted by atomic mass is 35.5. The van der Waals surface area contributed by atoms with Gasteiger partial charge in [0.05, 0.1) is 6.54 Å². The van der Waals surface area contributed by atoms with Crippen molar-refractivity contribution in [3.05, 3.63) is 40.9 Å². The number of thioether (sulfide) groups is 1. The number of rotatable bonds is 7. The quantitative estimate of drug-likeness (QED) is 0.317. The first-order valence-electron chi connectivity index (χ1n) is 8.95. The van der Waals surface area contributed by atoms with Gasteiger partial charge in [-0.2, -0.15) is 5.10 Å². The minimum Gasteiger partial charge on any atom is -0.377 e. The summed E-state index contributed by atoms with van der Waals surface area (Å²) in [7, 11) is 3.45. The van der Waals surface area contributed by atoms with Crippen LogP contribution in [-0.2, 0) is 24.3 Å². The SMILES string of the molecule is CN=C(NCCSc1ccc(Cl)cc1)NC1CCc2nc(COC)nn2C1. The molecule has 3 rings (SSSR count). The molecule has 7 nitrogen and oxygen atoms in total. The molecule has 1 atom stereocenters. The largest absolute Gasteiger partial charge is 0.377 e. The smallest absolute Gasteiger partial charge is 0.191 e. The van der Waals surface area contributed by atoms with E-state index in [0.717, 1.165) is 54.3 Å². The molecule has 1 aromatic heterocycles. The Hall–Kier alpha value is -1.77. The fraction of sp³-hybridized carbons (Fsp3) is 0.500. The zero-order valence-electron chi connectivity index (χ0n) is 15.6. The highest BCUT2D eigenvalue weighted by Crippen LogP contribution is 2.19. The van der Waals surface area contributed by atoms with Crippen molar-refractivity contribution in [2.75, 3.05) is 26.5 Å². The third-order valence-corrected chi connectivity index (χ3v) is 5.48. The van der Waals surface area contributed by atoms with Crippen LogP contribution < -0.4 is 10.6 Å². The topological polar surface area (TPSA) is 76.4 Å². The van der Waals surface area contributed by atoms with Crippen LogP contribution in [0.1, 0.15) is 18.1 Å². The summed E-state index contributed by atoms with van der Waals surface area (Å²) in [6.45, 7) is 2.06. The van der Waals surface area contributed by atoms with Crippen LogP contribution in [0, 0.1) is 0 Å². The Kier molecular flexibility index (Phi) is 7.37. The molecule has 0 bridgehead atoms. The predicted octanol–water partition coefficient (Wildman–Crippen LogP) is 2.35. The van der Waals surface area contributed by atoms with Gasteiger partial charge in [-0.05, 0) is 30.7 Å². The molecule has 146 valence electrons. The minimum absolute atomic E-state index is 0.282. The molecule has 0 amide bonds. The van der Waals surface area contributed by atoms with E-state index >= 15 is 0 Å². The Bertz CT molecular complexity index is 764. The average Bonchev–Trinajstić information content (AvgIpc) is 3.07. The molecule has 1 aliphatic rings. The minimum atomic E-state index is 0.282. The van der Waals surface area contributed by atoms with Gasteiger partial charge in [0.25, 0.3) is 0 Å². The molecule has 1 aliphatic heterocycles. The third-order valence-electron chi connectivity index (χ3n) is 4.22. The first kappa shape index (κ1) is 20.0. The van der Waals surface area contributed by atoms with E-state index in [4.69, 9.17) is 16.3 Å². The first-order valence-corrected chi connectivity index (χ1v) is 10.3. The van der Waals surface area contributed by atoms with Gasteiger partial charge in [0, 0.05) is 48.8 Å².